The standard InChI is InChI=1S/C21H27NO2/c1-5-19(18-11-12-20(24-4)16(3)14-18)22-21(23)13-10-17-8-6-15(2)7-9-17/h6-9,11-12,14,19H,5,10,13H2,1-4H3,(H,22,23). The first kappa shape index (κ1) is 18.1. The Labute approximate surface area is 145 Å². The van der Waals surface area contributed by atoms with Crippen molar-refractivity contribution in [3.63, 3.8) is 0 Å². The number of rotatable bonds is 7. The van der Waals surface area contributed by atoms with E-state index in [4.69, 9.17) is 4.74 Å². The summed E-state index contributed by atoms with van der Waals surface area (Å²) >= 11 is 0. The molecular weight excluding hydrogens is 298 g/mol. The van der Waals surface area contributed by atoms with Gasteiger partial charge >= 0.3 is 0 Å². The molecule has 0 aliphatic heterocycles. The molecule has 0 aliphatic rings. The van der Waals surface area contributed by atoms with Crippen LogP contribution in [0.5, 0.6) is 5.75 Å². The third-order valence-corrected chi connectivity index (χ3v) is 4.33. The first-order chi connectivity index (χ1) is 11.5. The zero-order valence-corrected chi connectivity index (χ0v) is 15.1. The SMILES string of the molecule is CCC(NC(=O)CCc1ccc(C)cc1)c1ccc(OC)c(C)c1. The molecule has 0 heterocycles. The van der Waals surface area contributed by atoms with Gasteiger partial charge in [-0.05, 0) is 49.4 Å². The van der Waals surface area contributed by atoms with Gasteiger partial charge in [0.2, 0.25) is 5.91 Å². The molecule has 0 radical (unpaired) electrons. The molecule has 0 aliphatic carbocycles. The fraction of sp³-hybridized carbons (Fsp3) is 0.381. The Kier molecular flexibility index (Phi) is 6.42. The van der Waals surface area contributed by atoms with Crippen LogP contribution in [0.25, 0.3) is 0 Å². The Hall–Kier alpha value is -2.29. The molecule has 0 bridgehead atoms. The fourth-order valence-corrected chi connectivity index (χ4v) is 2.82. The highest BCUT2D eigenvalue weighted by atomic mass is 16.5. The topological polar surface area (TPSA) is 38.3 Å². The lowest BCUT2D eigenvalue weighted by Crippen LogP contribution is -2.28. The summed E-state index contributed by atoms with van der Waals surface area (Å²) in [5.74, 6) is 0.968. The van der Waals surface area contributed by atoms with Gasteiger partial charge in [-0.1, -0.05) is 48.9 Å². The molecule has 2 aromatic carbocycles. The van der Waals surface area contributed by atoms with Crippen LogP contribution in [0.4, 0.5) is 0 Å². The summed E-state index contributed by atoms with van der Waals surface area (Å²) < 4.78 is 5.30. The second-order valence-corrected chi connectivity index (χ2v) is 6.24. The second-order valence-electron chi connectivity index (χ2n) is 6.24. The van der Waals surface area contributed by atoms with E-state index in [0.717, 1.165) is 29.7 Å². The molecule has 1 N–H and O–H groups in total. The van der Waals surface area contributed by atoms with Crippen molar-refractivity contribution in [2.75, 3.05) is 7.11 Å². The molecule has 24 heavy (non-hydrogen) atoms. The average Bonchev–Trinajstić information content (AvgIpc) is 2.59. The van der Waals surface area contributed by atoms with Gasteiger partial charge in [-0.2, -0.15) is 0 Å². The molecule has 0 saturated carbocycles. The fourth-order valence-electron chi connectivity index (χ4n) is 2.82. The van der Waals surface area contributed by atoms with Crippen LogP contribution in [0.3, 0.4) is 0 Å². The summed E-state index contributed by atoms with van der Waals surface area (Å²) in [5, 5.41) is 3.15. The lowest BCUT2D eigenvalue weighted by Gasteiger charge is -2.19. The van der Waals surface area contributed by atoms with Crippen LogP contribution in [0.15, 0.2) is 42.5 Å². The molecule has 1 unspecified atom stereocenters. The minimum absolute atomic E-state index is 0.0418. The molecule has 2 rings (SSSR count). The third kappa shape index (κ3) is 4.85. The number of aryl methyl sites for hydroxylation is 3. The Morgan fingerprint density at radius 2 is 1.83 bits per heavy atom. The van der Waals surface area contributed by atoms with Gasteiger partial charge in [0.25, 0.3) is 0 Å². The summed E-state index contributed by atoms with van der Waals surface area (Å²) in [6, 6.07) is 14.5. The quantitative estimate of drug-likeness (QED) is 0.813. The van der Waals surface area contributed by atoms with Crippen LogP contribution in [0, 0.1) is 13.8 Å². The first-order valence-electron chi connectivity index (χ1n) is 8.53. The van der Waals surface area contributed by atoms with Gasteiger partial charge in [-0.3, -0.25) is 4.79 Å². The predicted molar refractivity (Wildman–Crippen MR) is 98.4 cm³/mol. The van der Waals surface area contributed by atoms with Crippen molar-refractivity contribution >= 4 is 5.91 Å². The van der Waals surface area contributed by atoms with Crippen molar-refractivity contribution in [3.8, 4) is 5.75 Å². The van der Waals surface area contributed by atoms with E-state index in [2.05, 4.69) is 49.5 Å². The summed E-state index contributed by atoms with van der Waals surface area (Å²) in [6.07, 6.45) is 2.14. The van der Waals surface area contributed by atoms with E-state index >= 15 is 0 Å². The van der Waals surface area contributed by atoms with Crippen molar-refractivity contribution in [3.05, 3.63) is 64.7 Å². The molecule has 128 valence electrons. The van der Waals surface area contributed by atoms with Crippen LogP contribution < -0.4 is 10.1 Å². The summed E-state index contributed by atoms with van der Waals surface area (Å²) in [4.78, 5) is 12.3. The Bertz CT molecular complexity index is 677. The maximum absolute atomic E-state index is 12.3. The molecule has 3 nitrogen and oxygen atoms in total. The Morgan fingerprint density at radius 3 is 2.42 bits per heavy atom. The van der Waals surface area contributed by atoms with Crippen molar-refractivity contribution in [2.24, 2.45) is 0 Å². The van der Waals surface area contributed by atoms with Gasteiger partial charge < -0.3 is 10.1 Å². The lowest BCUT2D eigenvalue weighted by atomic mass is 10.0. The van der Waals surface area contributed by atoms with Crippen LogP contribution in [-0.2, 0) is 11.2 Å². The van der Waals surface area contributed by atoms with Crippen LogP contribution in [-0.4, -0.2) is 13.0 Å². The number of hydrogen-bond donors (Lipinski definition) is 1. The molecule has 2 aromatic rings. The number of ether oxygens (including phenoxy) is 1. The van der Waals surface area contributed by atoms with Gasteiger partial charge in [-0.15, -0.1) is 0 Å². The minimum atomic E-state index is 0.0418. The number of carbonyl (C=O) groups is 1. The van der Waals surface area contributed by atoms with Crippen LogP contribution in [0.1, 0.15) is 48.1 Å². The van der Waals surface area contributed by atoms with Gasteiger partial charge in [0, 0.05) is 6.42 Å². The largest absolute Gasteiger partial charge is 0.496 e. The van der Waals surface area contributed by atoms with E-state index in [0.29, 0.717) is 6.42 Å². The van der Waals surface area contributed by atoms with Crippen LogP contribution >= 0.6 is 0 Å². The summed E-state index contributed by atoms with van der Waals surface area (Å²) in [6.45, 7) is 6.18. The maximum Gasteiger partial charge on any atom is 0.220 e. The predicted octanol–water partition coefficient (Wildman–Crippen LogP) is 4.51. The smallest absolute Gasteiger partial charge is 0.220 e. The molecule has 1 amide bonds. The highest BCUT2D eigenvalue weighted by Gasteiger charge is 2.14. The number of benzene rings is 2. The Morgan fingerprint density at radius 1 is 1.12 bits per heavy atom. The summed E-state index contributed by atoms with van der Waals surface area (Å²) in [7, 11) is 1.67. The van der Waals surface area contributed by atoms with Crippen molar-refractivity contribution in [1.29, 1.82) is 0 Å². The zero-order valence-electron chi connectivity index (χ0n) is 15.1. The number of amides is 1. The lowest BCUT2D eigenvalue weighted by molar-refractivity contribution is -0.121. The Balaban J connectivity index is 1.95. The van der Waals surface area contributed by atoms with Gasteiger partial charge in [0.1, 0.15) is 5.75 Å². The molecule has 0 saturated heterocycles. The van der Waals surface area contributed by atoms with Crippen LogP contribution in [0.2, 0.25) is 0 Å². The third-order valence-electron chi connectivity index (χ3n) is 4.33. The highest BCUT2D eigenvalue weighted by Crippen LogP contribution is 2.24. The minimum Gasteiger partial charge on any atom is -0.496 e. The zero-order chi connectivity index (χ0) is 17.5. The monoisotopic (exact) mass is 325 g/mol. The maximum atomic E-state index is 12.3. The second kappa shape index (κ2) is 8.53. The van der Waals surface area contributed by atoms with Crippen molar-refractivity contribution in [2.45, 2.75) is 46.1 Å². The van der Waals surface area contributed by atoms with E-state index in [9.17, 15) is 4.79 Å². The van der Waals surface area contributed by atoms with Gasteiger partial charge in [-0.25, -0.2) is 0 Å². The molecule has 1 atom stereocenters. The molecule has 0 aromatic heterocycles. The van der Waals surface area contributed by atoms with Crippen molar-refractivity contribution in [1.82, 2.24) is 5.32 Å². The summed E-state index contributed by atoms with van der Waals surface area (Å²) in [5.41, 5.74) is 4.65. The van der Waals surface area contributed by atoms with Crippen molar-refractivity contribution < 1.29 is 9.53 Å². The van der Waals surface area contributed by atoms with Gasteiger partial charge in [0.05, 0.1) is 13.2 Å². The van der Waals surface area contributed by atoms with E-state index in [-0.39, 0.29) is 11.9 Å². The first-order valence-corrected chi connectivity index (χ1v) is 8.53. The van der Waals surface area contributed by atoms with Gasteiger partial charge in [0.15, 0.2) is 0 Å². The van der Waals surface area contributed by atoms with E-state index in [1.54, 1.807) is 7.11 Å². The van der Waals surface area contributed by atoms with E-state index in [1.165, 1.54) is 11.1 Å². The molecule has 3 heteroatoms. The molecule has 0 spiro atoms. The normalized spacial score (nSPS) is 11.8. The highest BCUT2D eigenvalue weighted by molar-refractivity contribution is 5.76. The number of carbonyl (C=O) groups excluding carboxylic acids is 1. The van der Waals surface area contributed by atoms with E-state index < -0.39 is 0 Å². The number of hydrogen-bond acceptors (Lipinski definition) is 2. The molecular formula is C21H27NO2. The molecule has 0 fully saturated rings. The number of nitrogens with one attached hydrogen (secondary N) is 1. The van der Waals surface area contributed by atoms with E-state index in [1.807, 2.05) is 19.1 Å². The number of methoxy groups -OCH3 is 1. The average molecular weight is 325 g/mol.